The molecule has 1 aromatic heterocycles. The number of phosphoric ester groups is 1. The van der Waals surface area contributed by atoms with Crippen LogP contribution in [0.25, 0.3) is 0 Å². The van der Waals surface area contributed by atoms with Crippen molar-refractivity contribution in [2.75, 3.05) is 47.5 Å². The minimum atomic E-state index is -4.42. The molecule has 0 fully saturated rings. The summed E-state index contributed by atoms with van der Waals surface area (Å²) in [6.07, 6.45) is 33.1. The van der Waals surface area contributed by atoms with Crippen molar-refractivity contribution in [1.29, 1.82) is 0 Å². The molecule has 0 radical (unpaired) electrons. The van der Waals surface area contributed by atoms with Crippen LogP contribution in [0.5, 0.6) is 0 Å². The first kappa shape index (κ1) is 55.2. The third-order valence-electron chi connectivity index (χ3n) is 10.1. The number of aliphatic hydroxyl groups excluding tert-OH is 1. The van der Waals surface area contributed by atoms with Crippen molar-refractivity contribution >= 4 is 19.8 Å². The molecule has 1 heterocycles. The third-order valence-corrected chi connectivity index (χ3v) is 11.1. The predicted octanol–water partition coefficient (Wildman–Crippen LogP) is 11.3. The summed E-state index contributed by atoms with van der Waals surface area (Å²) in [5.41, 5.74) is 2.59. The maximum Gasteiger partial charge on any atom is 0.472 e. The molecule has 0 bridgehead atoms. The Morgan fingerprint density at radius 1 is 0.717 bits per heavy atom. The fourth-order valence-electron chi connectivity index (χ4n) is 6.21. The average molecular weight is 865 g/mol. The number of allylic oxidation sites excluding steroid dienone is 6. The molecular weight excluding hydrogens is 781 g/mol. The van der Waals surface area contributed by atoms with Crippen LogP contribution in [0.4, 0.5) is 0 Å². The number of aliphatic hydroxyl groups is 1. The molecule has 0 aliphatic carbocycles. The minimum absolute atomic E-state index is 0.00174. The van der Waals surface area contributed by atoms with Crippen molar-refractivity contribution in [3.8, 4) is 0 Å². The number of aryl methyl sites for hydroxylation is 2. The van der Waals surface area contributed by atoms with E-state index in [4.69, 9.17) is 22.9 Å². The van der Waals surface area contributed by atoms with Gasteiger partial charge >= 0.3 is 19.8 Å². The predicted molar refractivity (Wildman–Crippen MR) is 243 cm³/mol. The number of furan rings is 1. The Hall–Kier alpha value is -2.79. The molecule has 1 aromatic rings. The SMILES string of the molecule is CCCCC/C=C\C=C/[C@@H](O)C/C=C\C/C=C/CCCC(=O)OC[C@H](COP(=O)(O)OCC[N+](C)(C)C)OC(=O)CCCCCCCCc1oc(CCCCC)c(C)c1C. The molecule has 0 saturated carbocycles. The molecule has 0 aromatic carbocycles. The molecule has 1 rings (SSSR count). The van der Waals surface area contributed by atoms with Crippen LogP contribution in [0.3, 0.4) is 0 Å². The van der Waals surface area contributed by atoms with Gasteiger partial charge in [-0.3, -0.25) is 18.6 Å². The van der Waals surface area contributed by atoms with E-state index in [2.05, 4.69) is 33.8 Å². The molecule has 0 aliphatic heterocycles. The first-order valence-corrected chi connectivity index (χ1v) is 24.3. The van der Waals surface area contributed by atoms with E-state index in [9.17, 15) is 24.2 Å². The molecule has 0 spiro atoms. The number of rotatable bonds is 37. The molecule has 344 valence electrons. The van der Waals surface area contributed by atoms with Crippen molar-refractivity contribution in [3.63, 3.8) is 0 Å². The highest BCUT2D eigenvalue weighted by molar-refractivity contribution is 7.47. The number of unbranched alkanes of at least 4 members (excludes halogenated alkanes) is 11. The van der Waals surface area contributed by atoms with Crippen molar-refractivity contribution in [3.05, 3.63) is 71.3 Å². The zero-order chi connectivity index (χ0) is 44.5. The Kier molecular flexibility index (Phi) is 31.1. The van der Waals surface area contributed by atoms with E-state index in [1.165, 1.54) is 49.7 Å². The van der Waals surface area contributed by atoms with Crippen LogP contribution >= 0.6 is 7.82 Å². The second-order valence-electron chi connectivity index (χ2n) is 16.9. The summed E-state index contributed by atoms with van der Waals surface area (Å²) in [6.45, 7) is 8.46. The van der Waals surface area contributed by atoms with E-state index in [1.807, 2.05) is 57.6 Å². The molecule has 3 atom stereocenters. The number of ether oxygens (including phenoxy) is 2. The first-order chi connectivity index (χ1) is 28.7. The van der Waals surface area contributed by atoms with Crippen LogP contribution in [0.15, 0.2) is 53.0 Å². The smallest absolute Gasteiger partial charge is 0.466 e. The van der Waals surface area contributed by atoms with E-state index in [0.717, 1.165) is 69.3 Å². The van der Waals surface area contributed by atoms with Crippen LogP contribution in [-0.2, 0) is 45.5 Å². The number of nitrogens with zero attached hydrogens (tertiary/aromatic N) is 1. The van der Waals surface area contributed by atoms with Crippen LogP contribution in [-0.4, -0.2) is 86.1 Å². The summed E-state index contributed by atoms with van der Waals surface area (Å²) in [5.74, 6) is 1.32. The van der Waals surface area contributed by atoms with Gasteiger partial charge in [-0.1, -0.05) is 114 Å². The summed E-state index contributed by atoms with van der Waals surface area (Å²) in [5, 5.41) is 10.1. The maximum atomic E-state index is 12.8. The van der Waals surface area contributed by atoms with Crippen molar-refractivity contribution in [2.24, 2.45) is 0 Å². The lowest BCUT2D eigenvalue weighted by atomic mass is 10.0. The molecule has 0 aliphatic rings. The normalized spacial score (nSPS) is 14.5. The Balaban J connectivity index is 2.45. The Bertz CT molecular complexity index is 1460. The van der Waals surface area contributed by atoms with Gasteiger partial charge in [-0.15, -0.1) is 0 Å². The first-order valence-electron chi connectivity index (χ1n) is 22.8. The van der Waals surface area contributed by atoms with Crippen LogP contribution in [0.1, 0.15) is 158 Å². The minimum Gasteiger partial charge on any atom is -0.466 e. The van der Waals surface area contributed by atoms with E-state index in [-0.39, 0.29) is 26.1 Å². The van der Waals surface area contributed by atoms with Gasteiger partial charge in [0.25, 0.3) is 0 Å². The lowest BCUT2D eigenvalue weighted by Crippen LogP contribution is -2.37. The van der Waals surface area contributed by atoms with E-state index in [1.54, 1.807) is 6.08 Å². The van der Waals surface area contributed by atoms with Crippen molar-refractivity contribution < 1.29 is 51.6 Å². The summed E-state index contributed by atoms with van der Waals surface area (Å²) in [4.78, 5) is 35.5. The molecule has 60 heavy (non-hydrogen) atoms. The van der Waals surface area contributed by atoms with E-state index in [0.29, 0.717) is 36.7 Å². The highest BCUT2D eigenvalue weighted by atomic mass is 31.2. The van der Waals surface area contributed by atoms with Gasteiger partial charge < -0.3 is 28.4 Å². The quantitative estimate of drug-likeness (QED) is 0.0166. The number of hydrogen-bond acceptors (Lipinski definition) is 9. The summed E-state index contributed by atoms with van der Waals surface area (Å²) >= 11 is 0. The number of carbonyl (C=O) groups excluding carboxylic acids is 2. The third kappa shape index (κ3) is 30.3. The molecule has 0 amide bonds. The number of esters is 2. The summed E-state index contributed by atoms with van der Waals surface area (Å²) in [7, 11) is 1.38. The van der Waals surface area contributed by atoms with Gasteiger partial charge in [0, 0.05) is 25.7 Å². The topological polar surface area (TPSA) is 142 Å². The van der Waals surface area contributed by atoms with Gasteiger partial charge in [0.15, 0.2) is 6.10 Å². The van der Waals surface area contributed by atoms with Crippen LogP contribution in [0, 0.1) is 13.8 Å². The Morgan fingerprint density at radius 3 is 2.00 bits per heavy atom. The maximum absolute atomic E-state index is 12.8. The van der Waals surface area contributed by atoms with Gasteiger partial charge in [0.1, 0.15) is 31.3 Å². The van der Waals surface area contributed by atoms with Gasteiger partial charge in [-0.25, -0.2) is 4.57 Å². The van der Waals surface area contributed by atoms with Gasteiger partial charge in [-0.05, 0) is 82.8 Å². The Labute approximate surface area is 363 Å². The van der Waals surface area contributed by atoms with Crippen LogP contribution in [0.2, 0.25) is 0 Å². The molecule has 12 heteroatoms. The monoisotopic (exact) mass is 865 g/mol. The molecule has 0 saturated heterocycles. The van der Waals surface area contributed by atoms with Gasteiger partial charge in [-0.2, -0.15) is 0 Å². The summed E-state index contributed by atoms with van der Waals surface area (Å²) in [6, 6.07) is 0. The molecule has 1 unspecified atom stereocenters. The van der Waals surface area contributed by atoms with E-state index < -0.39 is 38.6 Å². The second-order valence-corrected chi connectivity index (χ2v) is 18.3. The van der Waals surface area contributed by atoms with E-state index >= 15 is 0 Å². The second kappa shape index (κ2) is 33.8. The standard InChI is InChI=1S/C48H82NO10P/c1-8-10-12-13-15-20-26-31-43(50)32-27-21-16-14-17-23-29-35-47(51)55-39-44(40-57-60(53,54)56-38-37-49(5,6)7)58-48(52)36-30-24-19-18-22-28-34-46-42(4)41(3)45(59-46)33-25-11-9-2/h14-15,17,20-21,26-27,31,43-44,50H,8-13,16,18-19,22-25,28-30,32-40H2,1-7H3/p+1/b17-14+,20-15-,27-21-,31-26-/t43-,44-/m1/s1. The molecular formula is C48H83NO10P+. The van der Waals surface area contributed by atoms with Crippen molar-refractivity contribution in [2.45, 2.75) is 175 Å². The summed E-state index contributed by atoms with van der Waals surface area (Å²) < 4.78 is 40.5. The lowest BCUT2D eigenvalue weighted by molar-refractivity contribution is -0.870. The zero-order valence-corrected chi connectivity index (χ0v) is 39.4. The van der Waals surface area contributed by atoms with Crippen LogP contribution < -0.4 is 0 Å². The van der Waals surface area contributed by atoms with Gasteiger partial charge in [0.05, 0.1) is 33.9 Å². The number of carbonyl (C=O) groups is 2. The number of phosphoric acid groups is 1. The molecule has 11 nitrogen and oxygen atoms in total. The fourth-order valence-corrected chi connectivity index (χ4v) is 6.95. The Morgan fingerprint density at radius 2 is 1.32 bits per heavy atom. The molecule has 2 N–H and O–H groups in total. The largest absolute Gasteiger partial charge is 0.472 e. The number of quaternary nitrogens is 1. The van der Waals surface area contributed by atoms with Gasteiger partial charge in [0.2, 0.25) is 0 Å². The highest BCUT2D eigenvalue weighted by Gasteiger charge is 2.27. The highest BCUT2D eigenvalue weighted by Crippen LogP contribution is 2.43. The lowest BCUT2D eigenvalue weighted by Gasteiger charge is -2.24. The number of hydrogen-bond donors (Lipinski definition) is 2. The van der Waals surface area contributed by atoms with Crippen molar-refractivity contribution in [1.82, 2.24) is 0 Å². The average Bonchev–Trinajstić information content (AvgIpc) is 3.46. The fraction of sp³-hybridized carbons (Fsp3) is 0.708. The number of likely N-dealkylation sites (N-methyl/N-ethyl adjacent to an activating group) is 1. The zero-order valence-electron chi connectivity index (χ0n) is 38.5.